The topological polar surface area (TPSA) is 66.6 Å². The third kappa shape index (κ3) is 2.29. The van der Waals surface area contributed by atoms with Crippen LogP contribution >= 0.6 is 0 Å². The smallest absolute Gasteiger partial charge is 0.228 e. The molecule has 1 aliphatic heterocycles. The molecule has 0 aromatic heterocycles. The third-order valence-electron chi connectivity index (χ3n) is 5.82. The number of aliphatic hydroxyl groups excluding tert-OH is 1. The lowest BCUT2D eigenvalue weighted by molar-refractivity contribution is -0.151. The number of amides is 1. The zero-order valence-electron chi connectivity index (χ0n) is 11.7. The lowest BCUT2D eigenvalue weighted by atomic mass is 9.57. The number of carbonyl (C=O) groups excluding carboxylic acids is 1. The summed E-state index contributed by atoms with van der Waals surface area (Å²) in [5.74, 6) is 0.641. The van der Waals surface area contributed by atoms with Gasteiger partial charge in [0.05, 0.1) is 0 Å². The first-order valence-corrected chi connectivity index (χ1v) is 7.76. The molecule has 3 N–H and O–H groups in total. The van der Waals surface area contributed by atoms with Crippen molar-refractivity contribution in [2.75, 3.05) is 19.7 Å². The van der Waals surface area contributed by atoms with E-state index in [2.05, 4.69) is 0 Å². The maximum Gasteiger partial charge on any atom is 0.228 e. The molecule has 4 fully saturated rings. The Kier molecular flexibility index (Phi) is 3.34. The van der Waals surface area contributed by atoms with E-state index in [1.54, 1.807) is 0 Å². The molecule has 19 heavy (non-hydrogen) atoms. The van der Waals surface area contributed by atoms with E-state index >= 15 is 0 Å². The molecule has 1 unspecified atom stereocenters. The summed E-state index contributed by atoms with van der Waals surface area (Å²) in [6.07, 6.45) is 8.04. The highest BCUT2D eigenvalue weighted by atomic mass is 16.3. The number of hydrogen-bond acceptors (Lipinski definition) is 3. The van der Waals surface area contributed by atoms with Crippen LogP contribution in [0.25, 0.3) is 0 Å². The number of hydrogen-bond donors (Lipinski definition) is 2. The number of rotatable bonds is 2. The molecular formula is C15H26N2O2. The fourth-order valence-corrected chi connectivity index (χ4v) is 4.27. The molecule has 108 valence electrons. The lowest BCUT2D eigenvalue weighted by Crippen LogP contribution is -2.58. The molecule has 0 aromatic rings. The van der Waals surface area contributed by atoms with Crippen LogP contribution in [0.5, 0.6) is 0 Å². The minimum absolute atomic E-state index is 0.0254. The minimum Gasteiger partial charge on any atom is -0.396 e. The average Bonchev–Trinajstić information content (AvgIpc) is 2.48. The van der Waals surface area contributed by atoms with Crippen molar-refractivity contribution in [2.24, 2.45) is 17.1 Å². The second-order valence-electron chi connectivity index (χ2n) is 7.08. The van der Waals surface area contributed by atoms with Gasteiger partial charge in [0.25, 0.3) is 0 Å². The highest BCUT2D eigenvalue weighted by molar-refractivity contribution is 5.83. The van der Waals surface area contributed by atoms with E-state index in [0.29, 0.717) is 5.91 Å². The van der Waals surface area contributed by atoms with Gasteiger partial charge in [-0.05, 0) is 57.3 Å². The van der Waals surface area contributed by atoms with Crippen LogP contribution in [-0.2, 0) is 4.79 Å². The molecule has 3 aliphatic carbocycles. The van der Waals surface area contributed by atoms with Crippen molar-refractivity contribution in [3.8, 4) is 0 Å². The van der Waals surface area contributed by atoms with E-state index in [-0.39, 0.29) is 23.5 Å². The number of carbonyl (C=O) groups is 1. The van der Waals surface area contributed by atoms with Gasteiger partial charge in [0.1, 0.15) is 0 Å². The normalized spacial score (nSPS) is 42.4. The molecule has 4 rings (SSSR count). The van der Waals surface area contributed by atoms with Crippen molar-refractivity contribution in [3.05, 3.63) is 0 Å². The Morgan fingerprint density at radius 1 is 1.21 bits per heavy atom. The summed E-state index contributed by atoms with van der Waals surface area (Å²) in [4.78, 5) is 14.9. The van der Waals surface area contributed by atoms with E-state index in [9.17, 15) is 9.90 Å². The predicted octanol–water partition coefficient (Wildman–Crippen LogP) is 1.27. The highest BCUT2D eigenvalue weighted by Gasteiger charge is 2.52. The first kappa shape index (κ1) is 13.4. The van der Waals surface area contributed by atoms with E-state index in [1.807, 2.05) is 4.90 Å². The summed E-state index contributed by atoms with van der Waals surface area (Å²) in [6, 6.07) is 0. The van der Waals surface area contributed by atoms with Gasteiger partial charge in [-0.15, -0.1) is 0 Å². The predicted molar refractivity (Wildman–Crippen MR) is 73.4 cm³/mol. The highest BCUT2D eigenvalue weighted by Crippen LogP contribution is 2.52. The molecule has 1 atom stereocenters. The summed E-state index contributed by atoms with van der Waals surface area (Å²) in [7, 11) is 0. The van der Waals surface area contributed by atoms with Gasteiger partial charge in [0.15, 0.2) is 0 Å². The fraction of sp³-hybridized carbons (Fsp3) is 0.933. The number of nitrogens with two attached hydrogens (primary N) is 1. The van der Waals surface area contributed by atoms with E-state index in [1.165, 1.54) is 0 Å². The Labute approximate surface area is 115 Å². The van der Waals surface area contributed by atoms with Gasteiger partial charge in [-0.2, -0.15) is 0 Å². The quantitative estimate of drug-likeness (QED) is 0.791. The van der Waals surface area contributed by atoms with Crippen molar-refractivity contribution in [3.63, 3.8) is 0 Å². The zero-order chi connectivity index (χ0) is 13.5. The molecule has 4 heteroatoms. The summed E-state index contributed by atoms with van der Waals surface area (Å²) in [6.45, 7) is 1.85. The Morgan fingerprint density at radius 2 is 1.84 bits per heavy atom. The standard InChI is InChI=1S/C15H26N2O2/c16-15-6-3-14(4-7-15,5-8-15)13(19)17-9-1-2-12(10-17)11-18/h12,18H,1-11,16H2. The van der Waals surface area contributed by atoms with Gasteiger partial charge in [-0.3, -0.25) is 4.79 Å². The molecule has 0 aromatic carbocycles. The number of piperidine rings is 1. The first-order chi connectivity index (χ1) is 9.07. The average molecular weight is 266 g/mol. The molecule has 1 amide bonds. The number of likely N-dealkylation sites (tertiary alicyclic amines) is 1. The van der Waals surface area contributed by atoms with Gasteiger partial charge in [0.2, 0.25) is 5.91 Å². The molecule has 1 saturated heterocycles. The van der Waals surface area contributed by atoms with Crippen LogP contribution in [0.15, 0.2) is 0 Å². The van der Waals surface area contributed by atoms with E-state index in [0.717, 1.165) is 64.5 Å². The van der Waals surface area contributed by atoms with Crippen LogP contribution in [0.1, 0.15) is 51.4 Å². The molecule has 2 bridgehead atoms. The molecule has 0 spiro atoms. The summed E-state index contributed by atoms with van der Waals surface area (Å²) in [5.41, 5.74) is 6.23. The molecule has 1 heterocycles. The summed E-state index contributed by atoms with van der Waals surface area (Å²) in [5, 5.41) is 9.31. The van der Waals surface area contributed by atoms with Crippen molar-refractivity contribution in [2.45, 2.75) is 56.9 Å². The third-order valence-corrected chi connectivity index (χ3v) is 5.82. The largest absolute Gasteiger partial charge is 0.396 e. The Hall–Kier alpha value is -0.610. The lowest BCUT2D eigenvalue weighted by Gasteiger charge is -2.52. The van der Waals surface area contributed by atoms with Crippen LogP contribution in [0, 0.1) is 11.3 Å². The first-order valence-electron chi connectivity index (χ1n) is 7.76. The monoisotopic (exact) mass is 266 g/mol. The number of aliphatic hydroxyl groups is 1. The van der Waals surface area contributed by atoms with Gasteiger partial charge in [0, 0.05) is 30.7 Å². The van der Waals surface area contributed by atoms with Crippen molar-refractivity contribution >= 4 is 5.91 Å². The Bertz CT molecular complexity index is 345. The van der Waals surface area contributed by atoms with Crippen LogP contribution in [-0.4, -0.2) is 41.1 Å². The van der Waals surface area contributed by atoms with Crippen molar-refractivity contribution < 1.29 is 9.90 Å². The number of fused-ring (bicyclic) bond motifs is 3. The Morgan fingerprint density at radius 3 is 2.42 bits per heavy atom. The summed E-state index contributed by atoms with van der Waals surface area (Å²) >= 11 is 0. The fourth-order valence-electron chi connectivity index (χ4n) is 4.27. The van der Waals surface area contributed by atoms with Gasteiger partial charge >= 0.3 is 0 Å². The molecule has 0 radical (unpaired) electrons. The molecular weight excluding hydrogens is 240 g/mol. The summed E-state index contributed by atoms with van der Waals surface area (Å²) < 4.78 is 0. The molecule has 4 aliphatic rings. The van der Waals surface area contributed by atoms with Crippen molar-refractivity contribution in [1.29, 1.82) is 0 Å². The second kappa shape index (κ2) is 4.74. The maximum absolute atomic E-state index is 12.9. The van der Waals surface area contributed by atoms with Gasteiger partial charge in [-0.25, -0.2) is 0 Å². The van der Waals surface area contributed by atoms with Gasteiger partial charge < -0.3 is 15.7 Å². The van der Waals surface area contributed by atoms with Crippen LogP contribution in [0.4, 0.5) is 0 Å². The van der Waals surface area contributed by atoms with Crippen LogP contribution in [0.2, 0.25) is 0 Å². The molecule has 3 saturated carbocycles. The van der Waals surface area contributed by atoms with Crippen LogP contribution in [0.3, 0.4) is 0 Å². The Balaban J connectivity index is 1.70. The second-order valence-corrected chi connectivity index (χ2v) is 7.08. The molecule has 4 nitrogen and oxygen atoms in total. The van der Waals surface area contributed by atoms with E-state index < -0.39 is 0 Å². The van der Waals surface area contributed by atoms with E-state index in [4.69, 9.17) is 5.73 Å². The zero-order valence-corrected chi connectivity index (χ0v) is 11.7. The van der Waals surface area contributed by atoms with Crippen molar-refractivity contribution in [1.82, 2.24) is 4.90 Å². The minimum atomic E-state index is -0.113. The van der Waals surface area contributed by atoms with Gasteiger partial charge in [-0.1, -0.05) is 0 Å². The SMILES string of the molecule is NC12CCC(C(=O)N3CCCC(CO)C3)(CC1)CC2. The van der Waals surface area contributed by atoms with Crippen LogP contribution < -0.4 is 5.73 Å². The maximum atomic E-state index is 12.9. The number of nitrogens with zero attached hydrogens (tertiary/aromatic N) is 1.